The summed E-state index contributed by atoms with van der Waals surface area (Å²) in [5, 5.41) is 14.7. The van der Waals surface area contributed by atoms with Crippen molar-refractivity contribution in [3.05, 3.63) is 71.8 Å². The number of ether oxygens (including phenoxy) is 2. The van der Waals surface area contributed by atoms with Gasteiger partial charge in [-0.3, -0.25) is 9.59 Å². The average Bonchev–Trinajstić information content (AvgIpc) is 3.19. The first-order chi connectivity index (χ1) is 17.0. The van der Waals surface area contributed by atoms with Crippen LogP contribution in [0.5, 0.6) is 0 Å². The maximum absolute atomic E-state index is 12.9. The van der Waals surface area contributed by atoms with Gasteiger partial charge in [0.05, 0.1) is 5.92 Å². The summed E-state index contributed by atoms with van der Waals surface area (Å²) in [7, 11) is 1.52. The Balaban J connectivity index is 1.37. The third-order valence-corrected chi connectivity index (χ3v) is 6.57. The molecule has 0 spiro atoms. The fraction of sp³-hybridized carbons (Fsp3) is 0.370. The predicted molar refractivity (Wildman–Crippen MR) is 130 cm³/mol. The largest absolute Gasteiger partial charge is 0.481 e. The molecule has 0 heterocycles. The number of carbonyl (C=O) groups is 3. The van der Waals surface area contributed by atoms with Gasteiger partial charge in [-0.15, -0.1) is 0 Å². The van der Waals surface area contributed by atoms with E-state index in [0.29, 0.717) is 12.8 Å². The minimum atomic E-state index is -0.888. The Bertz CT molecular complexity index is 1070. The molecule has 2 amide bonds. The second kappa shape index (κ2) is 11.2. The smallest absolute Gasteiger partial charge is 0.407 e. The van der Waals surface area contributed by atoms with E-state index in [1.807, 2.05) is 36.4 Å². The molecule has 1 unspecified atom stereocenters. The number of aliphatic carboxylic acids is 1. The zero-order valence-corrected chi connectivity index (χ0v) is 19.6. The summed E-state index contributed by atoms with van der Waals surface area (Å²) in [6.07, 6.45) is 3.86. The van der Waals surface area contributed by atoms with Crippen LogP contribution in [0.3, 0.4) is 0 Å². The first-order valence-corrected chi connectivity index (χ1v) is 11.8. The molecular weight excluding hydrogens is 448 g/mol. The number of methoxy groups -OCH3 is 1. The van der Waals surface area contributed by atoms with Gasteiger partial charge >= 0.3 is 12.1 Å². The summed E-state index contributed by atoms with van der Waals surface area (Å²) >= 11 is 0. The molecule has 184 valence electrons. The van der Waals surface area contributed by atoms with Gasteiger partial charge in [0.15, 0.2) is 0 Å². The van der Waals surface area contributed by atoms with Crippen molar-refractivity contribution in [1.29, 1.82) is 0 Å². The Morgan fingerprint density at radius 2 is 1.71 bits per heavy atom. The quantitative estimate of drug-likeness (QED) is 0.476. The zero-order chi connectivity index (χ0) is 24.8. The maximum atomic E-state index is 12.9. The number of carbonyl (C=O) groups excluding carboxylic acids is 2. The molecule has 0 fully saturated rings. The lowest BCUT2D eigenvalue weighted by atomic mass is 9.91. The molecule has 0 saturated heterocycles. The third kappa shape index (κ3) is 5.71. The molecule has 3 atom stereocenters. The van der Waals surface area contributed by atoms with Crippen molar-refractivity contribution in [3.63, 3.8) is 0 Å². The molecule has 2 aliphatic carbocycles. The number of amides is 2. The highest BCUT2D eigenvalue weighted by Gasteiger charge is 2.31. The number of hydrogen-bond donors (Lipinski definition) is 3. The molecule has 8 nitrogen and oxygen atoms in total. The molecule has 2 aromatic rings. The Labute approximate surface area is 204 Å². The van der Waals surface area contributed by atoms with Crippen LogP contribution in [-0.4, -0.2) is 55.5 Å². The van der Waals surface area contributed by atoms with Crippen LogP contribution in [-0.2, 0) is 19.1 Å². The lowest BCUT2D eigenvalue weighted by Gasteiger charge is -2.25. The summed E-state index contributed by atoms with van der Waals surface area (Å²) < 4.78 is 10.7. The summed E-state index contributed by atoms with van der Waals surface area (Å²) in [4.78, 5) is 36.9. The van der Waals surface area contributed by atoms with Crippen LogP contribution in [0.25, 0.3) is 11.1 Å². The van der Waals surface area contributed by atoms with Crippen LogP contribution in [0, 0.1) is 5.92 Å². The SMILES string of the molecule is COCCC(NC(=O)OCC1c2ccccc2-c2ccccc21)C(=O)N[C@H]1C=CC[C@H](C(=O)O)C1. The molecule has 4 rings (SSSR count). The molecule has 3 N–H and O–H groups in total. The van der Waals surface area contributed by atoms with Gasteiger partial charge in [-0.25, -0.2) is 4.79 Å². The van der Waals surface area contributed by atoms with Crippen LogP contribution in [0.1, 0.15) is 36.3 Å². The number of hydrogen-bond acceptors (Lipinski definition) is 5. The van der Waals surface area contributed by atoms with Crippen LogP contribution < -0.4 is 10.6 Å². The lowest BCUT2D eigenvalue weighted by molar-refractivity contribution is -0.142. The van der Waals surface area contributed by atoms with E-state index in [1.165, 1.54) is 7.11 Å². The highest BCUT2D eigenvalue weighted by atomic mass is 16.5. The standard InChI is InChI=1S/C27H30N2O6/c1-34-14-13-24(25(30)28-18-8-6-7-17(15-18)26(31)32)29-27(33)35-16-23-21-11-4-2-9-19(21)20-10-3-5-12-22(20)23/h2-6,8-12,17-18,23-24H,7,13-16H2,1H3,(H,28,30)(H,29,33)(H,31,32)/t17-,18-,24?/m0/s1. The van der Waals surface area contributed by atoms with Crippen molar-refractivity contribution in [2.24, 2.45) is 5.92 Å². The van der Waals surface area contributed by atoms with Gasteiger partial charge in [-0.05, 0) is 35.1 Å². The molecule has 35 heavy (non-hydrogen) atoms. The highest BCUT2D eigenvalue weighted by molar-refractivity contribution is 5.86. The summed E-state index contributed by atoms with van der Waals surface area (Å²) in [6.45, 7) is 0.407. The summed E-state index contributed by atoms with van der Waals surface area (Å²) in [5.74, 6) is -1.92. The lowest BCUT2D eigenvalue weighted by Crippen LogP contribution is -2.50. The number of nitrogens with one attached hydrogen (secondary N) is 2. The number of allylic oxidation sites excluding steroid dienone is 1. The second-order valence-corrected chi connectivity index (χ2v) is 8.85. The van der Waals surface area contributed by atoms with E-state index in [4.69, 9.17) is 9.47 Å². The number of rotatable bonds is 9. The fourth-order valence-corrected chi connectivity index (χ4v) is 4.77. The Hall–Kier alpha value is -3.65. The van der Waals surface area contributed by atoms with E-state index in [9.17, 15) is 19.5 Å². The van der Waals surface area contributed by atoms with Gasteiger partial charge in [0.25, 0.3) is 0 Å². The van der Waals surface area contributed by atoms with Gasteiger partial charge in [0.2, 0.25) is 5.91 Å². The molecular formula is C27H30N2O6. The van der Waals surface area contributed by atoms with Crippen molar-refractivity contribution in [2.75, 3.05) is 20.3 Å². The molecule has 2 aromatic carbocycles. The van der Waals surface area contributed by atoms with Crippen molar-refractivity contribution in [2.45, 2.75) is 37.3 Å². The Morgan fingerprint density at radius 3 is 2.34 bits per heavy atom. The van der Waals surface area contributed by atoms with Crippen LogP contribution >= 0.6 is 0 Å². The first-order valence-electron chi connectivity index (χ1n) is 11.8. The van der Waals surface area contributed by atoms with E-state index in [0.717, 1.165) is 22.3 Å². The number of carboxylic acid groups (broad SMARTS) is 1. The van der Waals surface area contributed by atoms with E-state index >= 15 is 0 Å². The molecule has 0 aliphatic heterocycles. The number of carboxylic acids is 1. The first kappa shape index (κ1) is 24.5. The van der Waals surface area contributed by atoms with Crippen LogP contribution in [0.4, 0.5) is 4.79 Å². The van der Waals surface area contributed by atoms with Crippen molar-refractivity contribution in [1.82, 2.24) is 10.6 Å². The molecule has 8 heteroatoms. The van der Waals surface area contributed by atoms with Crippen molar-refractivity contribution < 1.29 is 29.0 Å². The van der Waals surface area contributed by atoms with Gasteiger partial charge in [-0.2, -0.15) is 0 Å². The van der Waals surface area contributed by atoms with Crippen molar-refractivity contribution >= 4 is 18.0 Å². The monoisotopic (exact) mass is 478 g/mol. The van der Waals surface area contributed by atoms with E-state index in [1.54, 1.807) is 12.2 Å². The molecule has 0 radical (unpaired) electrons. The molecule has 0 aromatic heterocycles. The van der Waals surface area contributed by atoms with Crippen LogP contribution in [0.15, 0.2) is 60.7 Å². The normalized spacial score (nSPS) is 19.3. The van der Waals surface area contributed by atoms with Gasteiger partial charge in [0, 0.05) is 32.1 Å². The minimum absolute atomic E-state index is 0.0836. The van der Waals surface area contributed by atoms with Gasteiger partial charge < -0.3 is 25.2 Å². The maximum Gasteiger partial charge on any atom is 0.407 e. The topological polar surface area (TPSA) is 114 Å². The van der Waals surface area contributed by atoms with E-state index < -0.39 is 36.0 Å². The highest BCUT2D eigenvalue weighted by Crippen LogP contribution is 2.44. The molecule has 2 aliphatic rings. The summed E-state index contributed by atoms with van der Waals surface area (Å²) in [6, 6.07) is 14.8. The molecule has 0 bridgehead atoms. The zero-order valence-electron chi connectivity index (χ0n) is 19.6. The van der Waals surface area contributed by atoms with Crippen molar-refractivity contribution in [3.8, 4) is 11.1 Å². The Morgan fingerprint density at radius 1 is 1.06 bits per heavy atom. The Kier molecular flexibility index (Phi) is 7.82. The average molecular weight is 479 g/mol. The fourth-order valence-electron chi connectivity index (χ4n) is 4.77. The number of benzene rings is 2. The summed E-state index contributed by atoms with van der Waals surface area (Å²) in [5.41, 5.74) is 4.48. The molecule has 0 saturated carbocycles. The van der Waals surface area contributed by atoms with Crippen LogP contribution in [0.2, 0.25) is 0 Å². The minimum Gasteiger partial charge on any atom is -0.481 e. The van der Waals surface area contributed by atoms with Gasteiger partial charge in [-0.1, -0.05) is 60.7 Å². The number of fused-ring (bicyclic) bond motifs is 3. The van der Waals surface area contributed by atoms with E-state index in [2.05, 4.69) is 22.8 Å². The van der Waals surface area contributed by atoms with Gasteiger partial charge in [0.1, 0.15) is 12.6 Å². The third-order valence-electron chi connectivity index (χ3n) is 6.57. The van der Waals surface area contributed by atoms with E-state index in [-0.39, 0.29) is 25.6 Å². The number of alkyl carbamates (subject to hydrolysis) is 1. The second-order valence-electron chi connectivity index (χ2n) is 8.85. The predicted octanol–water partition coefficient (Wildman–Crippen LogP) is 3.47.